The molecule has 1 atom stereocenters. The summed E-state index contributed by atoms with van der Waals surface area (Å²) in [4.78, 5) is 24.3. The smallest absolute Gasteiger partial charge is 0.239 e. The molecule has 0 saturated carbocycles. The second-order valence-electron chi connectivity index (χ2n) is 3.68. The van der Waals surface area contributed by atoms with Gasteiger partial charge in [0.1, 0.15) is 0 Å². The Kier molecular flexibility index (Phi) is 3.08. The third kappa shape index (κ3) is 2.09. The molecule has 2 fully saturated rings. The summed E-state index contributed by atoms with van der Waals surface area (Å²) in [5.41, 5.74) is 0. The molecule has 0 radical (unpaired) electrons. The predicted octanol–water partition coefficient (Wildman–Crippen LogP) is -0.160. The minimum Gasteiger partial charge on any atom is -0.312 e. The third-order valence-electron chi connectivity index (χ3n) is 2.62. The van der Waals surface area contributed by atoms with Crippen molar-refractivity contribution in [2.45, 2.75) is 18.9 Å². The molecule has 0 spiro atoms. The molecule has 0 aromatic heterocycles. The van der Waals surface area contributed by atoms with Gasteiger partial charge < -0.3 is 5.32 Å². The van der Waals surface area contributed by atoms with Gasteiger partial charge in [0, 0.05) is 12.6 Å². The zero-order chi connectivity index (χ0) is 9.97. The van der Waals surface area contributed by atoms with Gasteiger partial charge in [-0.25, -0.2) is 0 Å². The molecule has 2 rings (SSSR count). The lowest BCUT2D eigenvalue weighted by molar-refractivity contribution is -0.142. The van der Waals surface area contributed by atoms with Crippen LogP contribution < -0.4 is 5.32 Å². The van der Waals surface area contributed by atoms with Crippen molar-refractivity contribution in [3.05, 3.63) is 0 Å². The van der Waals surface area contributed by atoms with E-state index in [-0.39, 0.29) is 11.8 Å². The van der Waals surface area contributed by atoms with Crippen LogP contribution >= 0.6 is 11.8 Å². The Balaban J connectivity index is 1.93. The quantitative estimate of drug-likeness (QED) is 0.649. The number of imide groups is 1. The average molecular weight is 214 g/mol. The molecule has 2 saturated heterocycles. The summed E-state index contributed by atoms with van der Waals surface area (Å²) in [6.45, 7) is 1.58. The molecule has 2 heterocycles. The summed E-state index contributed by atoms with van der Waals surface area (Å²) >= 11 is 1.41. The molecule has 0 aromatic rings. The van der Waals surface area contributed by atoms with E-state index >= 15 is 0 Å². The van der Waals surface area contributed by atoms with E-state index in [0.717, 1.165) is 19.4 Å². The van der Waals surface area contributed by atoms with Gasteiger partial charge in [-0.15, -0.1) is 11.8 Å². The van der Waals surface area contributed by atoms with Crippen molar-refractivity contribution in [2.24, 2.45) is 0 Å². The highest BCUT2D eigenvalue weighted by molar-refractivity contribution is 8.00. The Morgan fingerprint density at radius 3 is 2.64 bits per heavy atom. The van der Waals surface area contributed by atoms with Crippen molar-refractivity contribution in [1.29, 1.82) is 0 Å². The molecular weight excluding hydrogens is 200 g/mol. The highest BCUT2D eigenvalue weighted by Gasteiger charge is 2.29. The van der Waals surface area contributed by atoms with E-state index < -0.39 is 0 Å². The van der Waals surface area contributed by atoms with E-state index in [9.17, 15) is 9.59 Å². The van der Waals surface area contributed by atoms with Gasteiger partial charge in [-0.2, -0.15) is 0 Å². The van der Waals surface area contributed by atoms with Crippen molar-refractivity contribution in [2.75, 3.05) is 24.6 Å². The molecule has 0 aliphatic carbocycles. The Labute approximate surface area is 87.4 Å². The zero-order valence-electron chi connectivity index (χ0n) is 7.99. The number of hydrogen-bond donors (Lipinski definition) is 1. The van der Waals surface area contributed by atoms with Crippen LogP contribution in [0.4, 0.5) is 0 Å². The molecule has 4 nitrogen and oxygen atoms in total. The number of nitrogens with one attached hydrogen (secondary N) is 1. The van der Waals surface area contributed by atoms with E-state index in [0.29, 0.717) is 24.1 Å². The monoisotopic (exact) mass is 214 g/mol. The Hall–Kier alpha value is -0.550. The number of carbonyl (C=O) groups excluding carboxylic acids is 2. The lowest BCUT2D eigenvalue weighted by atomic mass is 10.2. The number of thioether (sulfide) groups is 1. The molecule has 2 amide bonds. The van der Waals surface area contributed by atoms with Gasteiger partial charge in [-0.05, 0) is 19.4 Å². The van der Waals surface area contributed by atoms with Gasteiger partial charge in [0.15, 0.2) is 0 Å². The van der Waals surface area contributed by atoms with Crippen molar-refractivity contribution in [1.82, 2.24) is 10.2 Å². The summed E-state index contributed by atoms with van der Waals surface area (Å²) in [7, 11) is 0. The fourth-order valence-corrected chi connectivity index (χ4v) is 2.62. The second-order valence-corrected chi connectivity index (χ2v) is 4.67. The van der Waals surface area contributed by atoms with Crippen LogP contribution in [-0.2, 0) is 9.59 Å². The molecule has 14 heavy (non-hydrogen) atoms. The lowest BCUT2D eigenvalue weighted by Crippen LogP contribution is -2.48. The molecule has 1 unspecified atom stereocenters. The fourth-order valence-electron chi connectivity index (χ4n) is 1.86. The first-order chi connectivity index (χ1) is 6.77. The Morgan fingerprint density at radius 1 is 1.36 bits per heavy atom. The normalized spacial score (nSPS) is 28.6. The van der Waals surface area contributed by atoms with Gasteiger partial charge in [0.25, 0.3) is 0 Å². The van der Waals surface area contributed by atoms with Crippen LogP contribution in [0.1, 0.15) is 12.8 Å². The van der Waals surface area contributed by atoms with Gasteiger partial charge in [0.05, 0.1) is 11.5 Å². The average Bonchev–Trinajstić information content (AvgIpc) is 2.64. The first kappa shape index (κ1) is 9.98. The minimum atomic E-state index is -0.0278. The van der Waals surface area contributed by atoms with Crippen LogP contribution in [0.2, 0.25) is 0 Å². The highest BCUT2D eigenvalue weighted by Crippen LogP contribution is 2.14. The van der Waals surface area contributed by atoms with Crippen LogP contribution in [0, 0.1) is 0 Å². The molecule has 2 aliphatic rings. The van der Waals surface area contributed by atoms with Crippen LogP contribution in [-0.4, -0.2) is 47.4 Å². The first-order valence-electron chi connectivity index (χ1n) is 4.91. The Morgan fingerprint density at radius 2 is 2.07 bits per heavy atom. The largest absolute Gasteiger partial charge is 0.312 e. The van der Waals surface area contributed by atoms with Gasteiger partial charge in [-0.3, -0.25) is 14.5 Å². The number of amides is 2. The maximum Gasteiger partial charge on any atom is 0.239 e. The molecule has 1 N–H and O–H groups in total. The number of carbonyl (C=O) groups is 2. The van der Waals surface area contributed by atoms with Gasteiger partial charge in [0.2, 0.25) is 11.8 Å². The lowest BCUT2D eigenvalue weighted by Gasteiger charge is -2.27. The van der Waals surface area contributed by atoms with Crippen molar-refractivity contribution >= 4 is 23.6 Å². The number of nitrogens with zero attached hydrogens (tertiary/aromatic N) is 1. The highest BCUT2D eigenvalue weighted by atomic mass is 32.2. The third-order valence-corrected chi connectivity index (χ3v) is 3.52. The van der Waals surface area contributed by atoms with Crippen LogP contribution in [0.25, 0.3) is 0 Å². The van der Waals surface area contributed by atoms with Gasteiger partial charge >= 0.3 is 0 Å². The summed E-state index contributed by atoms with van der Waals surface area (Å²) in [6, 6.07) is 0.325. The summed E-state index contributed by atoms with van der Waals surface area (Å²) in [6.07, 6.45) is 2.22. The second kappa shape index (κ2) is 4.31. The van der Waals surface area contributed by atoms with E-state index in [1.807, 2.05) is 0 Å². The predicted molar refractivity (Wildman–Crippen MR) is 55.1 cm³/mol. The molecule has 78 valence electrons. The fraction of sp³-hybridized carbons (Fsp3) is 0.778. The molecule has 0 bridgehead atoms. The Bertz CT molecular complexity index is 235. The molecular formula is C9H14N2O2S. The molecule has 5 heteroatoms. The number of rotatable bonds is 2. The maximum absolute atomic E-state index is 11.4. The number of hydrogen-bond acceptors (Lipinski definition) is 4. The summed E-state index contributed by atoms with van der Waals surface area (Å²) < 4.78 is 0. The van der Waals surface area contributed by atoms with E-state index in [2.05, 4.69) is 5.32 Å². The molecule has 0 aromatic carbocycles. The van der Waals surface area contributed by atoms with Crippen LogP contribution in [0.15, 0.2) is 0 Å². The minimum absolute atomic E-state index is 0.0278. The van der Waals surface area contributed by atoms with Crippen molar-refractivity contribution in [3.8, 4) is 0 Å². The van der Waals surface area contributed by atoms with Crippen LogP contribution in [0.5, 0.6) is 0 Å². The molecule has 2 aliphatic heterocycles. The van der Waals surface area contributed by atoms with E-state index in [1.54, 1.807) is 0 Å². The SMILES string of the molecule is O=C1CSCC(=O)N1CC1CCCN1. The van der Waals surface area contributed by atoms with Crippen LogP contribution in [0.3, 0.4) is 0 Å². The van der Waals surface area contributed by atoms with Crippen molar-refractivity contribution < 1.29 is 9.59 Å². The van der Waals surface area contributed by atoms with Crippen molar-refractivity contribution in [3.63, 3.8) is 0 Å². The summed E-state index contributed by atoms with van der Waals surface area (Å²) in [5, 5.41) is 3.29. The topological polar surface area (TPSA) is 49.4 Å². The van der Waals surface area contributed by atoms with Gasteiger partial charge in [-0.1, -0.05) is 0 Å². The van der Waals surface area contributed by atoms with E-state index in [1.165, 1.54) is 16.7 Å². The summed E-state index contributed by atoms with van der Waals surface area (Å²) in [5.74, 6) is 0.858. The maximum atomic E-state index is 11.4. The standard InChI is InChI=1S/C9H14N2O2S/c12-8-5-14-6-9(13)11(8)4-7-2-1-3-10-7/h7,10H,1-6H2. The first-order valence-corrected chi connectivity index (χ1v) is 6.07. The zero-order valence-corrected chi connectivity index (χ0v) is 8.81. The van der Waals surface area contributed by atoms with E-state index in [4.69, 9.17) is 0 Å².